The molecule has 1 aromatic rings. The fraction of sp³-hybridized carbons (Fsp3) is 0.571. The first-order valence-corrected chi connectivity index (χ1v) is 9.86. The molecule has 3 rings (SSSR count). The lowest BCUT2D eigenvalue weighted by Gasteiger charge is -2.34. The smallest absolute Gasteiger partial charge is 0.344 e. The van der Waals surface area contributed by atoms with Crippen molar-refractivity contribution in [3.05, 3.63) is 47.5 Å². The van der Waals surface area contributed by atoms with Crippen molar-refractivity contribution >= 4 is 30.7 Å². The Morgan fingerprint density at radius 1 is 1.23 bits per heavy atom. The SMILES string of the molecule is CN(CC1CCN(CCc2cccc(C(F)(F)F)c2)CC1)C(=O)C1C=CCN1.Cl.Cl. The molecule has 0 saturated carbocycles. The molecular weight excluding hydrogens is 438 g/mol. The van der Waals surface area contributed by atoms with Gasteiger partial charge in [-0.3, -0.25) is 10.1 Å². The van der Waals surface area contributed by atoms with E-state index in [9.17, 15) is 18.0 Å². The highest BCUT2D eigenvalue weighted by Gasteiger charge is 2.30. The van der Waals surface area contributed by atoms with Crippen molar-refractivity contribution in [3.8, 4) is 0 Å². The van der Waals surface area contributed by atoms with E-state index in [-0.39, 0.29) is 36.8 Å². The van der Waals surface area contributed by atoms with E-state index < -0.39 is 11.7 Å². The molecule has 9 heteroatoms. The van der Waals surface area contributed by atoms with Gasteiger partial charge in [-0.2, -0.15) is 13.2 Å². The van der Waals surface area contributed by atoms with Gasteiger partial charge >= 0.3 is 6.18 Å². The Hall–Kier alpha value is -1.28. The average molecular weight is 468 g/mol. The van der Waals surface area contributed by atoms with E-state index in [1.807, 2.05) is 24.1 Å². The molecule has 2 heterocycles. The number of piperidine rings is 1. The van der Waals surface area contributed by atoms with Crippen LogP contribution in [0.2, 0.25) is 0 Å². The number of amides is 1. The molecule has 1 N–H and O–H groups in total. The minimum atomic E-state index is -4.29. The first kappa shape index (κ1) is 26.8. The summed E-state index contributed by atoms with van der Waals surface area (Å²) in [5, 5.41) is 3.15. The van der Waals surface area contributed by atoms with Gasteiger partial charge in [0.2, 0.25) is 5.91 Å². The van der Waals surface area contributed by atoms with Crippen LogP contribution in [0.4, 0.5) is 13.2 Å². The van der Waals surface area contributed by atoms with E-state index in [4.69, 9.17) is 0 Å². The number of carbonyl (C=O) groups excluding carboxylic acids is 1. The largest absolute Gasteiger partial charge is 0.416 e. The van der Waals surface area contributed by atoms with E-state index in [1.165, 1.54) is 12.1 Å². The highest BCUT2D eigenvalue weighted by atomic mass is 35.5. The number of benzene rings is 1. The second-order valence-corrected chi connectivity index (χ2v) is 7.77. The summed E-state index contributed by atoms with van der Waals surface area (Å²) in [7, 11) is 1.86. The molecule has 1 atom stereocenters. The minimum Gasteiger partial charge on any atom is -0.344 e. The predicted octanol–water partition coefficient (Wildman–Crippen LogP) is 3.79. The second-order valence-electron chi connectivity index (χ2n) is 7.77. The van der Waals surface area contributed by atoms with Crippen molar-refractivity contribution in [2.75, 3.05) is 39.8 Å². The number of hydrogen-bond donors (Lipinski definition) is 1. The van der Waals surface area contributed by atoms with Crippen LogP contribution >= 0.6 is 24.8 Å². The second kappa shape index (κ2) is 11.9. The van der Waals surface area contributed by atoms with Gasteiger partial charge in [0.05, 0.1) is 5.56 Å². The monoisotopic (exact) mass is 467 g/mol. The van der Waals surface area contributed by atoms with Gasteiger partial charge in [0, 0.05) is 26.7 Å². The number of hydrogen-bond acceptors (Lipinski definition) is 3. The van der Waals surface area contributed by atoms with E-state index in [0.29, 0.717) is 12.3 Å². The van der Waals surface area contributed by atoms with Gasteiger partial charge in [-0.25, -0.2) is 0 Å². The van der Waals surface area contributed by atoms with Crippen LogP contribution in [0, 0.1) is 5.92 Å². The molecule has 4 nitrogen and oxygen atoms in total. The highest BCUT2D eigenvalue weighted by molar-refractivity contribution is 5.85. The average Bonchev–Trinajstić information content (AvgIpc) is 3.21. The lowest BCUT2D eigenvalue weighted by atomic mass is 9.95. The third kappa shape index (κ3) is 7.45. The first-order chi connectivity index (χ1) is 13.3. The summed E-state index contributed by atoms with van der Waals surface area (Å²) in [6.07, 6.45) is 2.23. The van der Waals surface area contributed by atoms with Crippen molar-refractivity contribution in [1.29, 1.82) is 0 Å². The van der Waals surface area contributed by atoms with Gasteiger partial charge in [-0.05, 0) is 49.9 Å². The van der Waals surface area contributed by atoms with Crippen LogP contribution in [0.3, 0.4) is 0 Å². The molecule has 0 aliphatic carbocycles. The van der Waals surface area contributed by atoms with Gasteiger partial charge in [-0.15, -0.1) is 24.8 Å². The molecule has 1 saturated heterocycles. The lowest BCUT2D eigenvalue weighted by molar-refractivity contribution is -0.137. The third-order valence-electron chi connectivity index (χ3n) is 5.64. The van der Waals surface area contributed by atoms with E-state index in [1.54, 1.807) is 6.07 Å². The van der Waals surface area contributed by atoms with Crippen molar-refractivity contribution in [1.82, 2.24) is 15.1 Å². The summed E-state index contributed by atoms with van der Waals surface area (Å²) < 4.78 is 38.5. The number of rotatable bonds is 6. The van der Waals surface area contributed by atoms with Crippen LogP contribution in [0.15, 0.2) is 36.4 Å². The van der Waals surface area contributed by atoms with Gasteiger partial charge in [0.1, 0.15) is 6.04 Å². The van der Waals surface area contributed by atoms with Crippen molar-refractivity contribution < 1.29 is 18.0 Å². The van der Waals surface area contributed by atoms with E-state index in [2.05, 4.69) is 10.2 Å². The molecule has 1 aromatic carbocycles. The van der Waals surface area contributed by atoms with Gasteiger partial charge < -0.3 is 9.80 Å². The summed E-state index contributed by atoms with van der Waals surface area (Å²) in [4.78, 5) is 16.5. The van der Waals surface area contributed by atoms with Crippen LogP contribution in [-0.4, -0.2) is 61.5 Å². The number of alkyl halides is 3. The van der Waals surface area contributed by atoms with Gasteiger partial charge in [-0.1, -0.05) is 30.4 Å². The Kier molecular flexibility index (Phi) is 10.6. The summed E-state index contributed by atoms with van der Waals surface area (Å²) in [5.41, 5.74) is 0.141. The number of nitrogens with one attached hydrogen (secondary N) is 1. The standard InChI is InChI=1S/C21H28F3N3O.2ClH/c1-26(20(28)19-6-3-10-25-19)15-17-8-12-27(13-9-17)11-7-16-4-2-5-18(14-16)21(22,23)24;;/h2-6,14,17,19,25H,7-13,15H2,1H3;2*1H. The zero-order valence-electron chi connectivity index (χ0n) is 17.0. The number of carbonyl (C=O) groups is 1. The molecule has 1 fully saturated rings. The van der Waals surface area contributed by atoms with Crippen molar-refractivity contribution in [3.63, 3.8) is 0 Å². The van der Waals surface area contributed by atoms with E-state index >= 15 is 0 Å². The molecule has 0 bridgehead atoms. The number of likely N-dealkylation sites (tertiary alicyclic amines) is 1. The molecule has 0 spiro atoms. The molecule has 2 aliphatic rings. The number of likely N-dealkylation sites (N-methyl/N-ethyl adjacent to an activating group) is 1. The third-order valence-corrected chi connectivity index (χ3v) is 5.64. The first-order valence-electron chi connectivity index (χ1n) is 9.86. The maximum atomic E-state index is 12.8. The van der Waals surface area contributed by atoms with E-state index in [0.717, 1.165) is 57.2 Å². The normalized spacial score (nSPS) is 19.8. The topological polar surface area (TPSA) is 35.6 Å². The van der Waals surface area contributed by atoms with Crippen LogP contribution in [0.25, 0.3) is 0 Å². The fourth-order valence-electron chi connectivity index (χ4n) is 3.93. The number of nitrogens with zero attached hydrogens (tertiary/aromatic N) is 2. The number of halogens is 5. The Balaban J connectivity index is 0.00000225. The molecular formula is C21H30Cl2F3N3O. The fourth-order valence-corrected chi connectivity index (χ4v) is 3.93. The van der Waals surface area contributed by atoms with Gasteiger partial charge in [0.15, 0.2) is 0 Å². The van der Waals surface area contributed by atoms with Crippen LogP contribution in [-0.2, 0) is 17.4 Å². The molecule has 1 amide bonds. The summed E-state index contributed by atoms with van der Waals surface area (Å²) in [6, 6.07) is 5.40. The maximum absolute atomic E-state index is 12.8. The molecule has 1 unspecified atom stereocenters. The minimum absolute atomic E-state index is 0. The quantitative estimate of drug-likeness (QED) is 0.646. The van der Waals surface area contributed by atoms with Crippen molar-refractivity contribution in [2.45, 2.75) is 31.5 Å². The molecule has 170 valence electrons. The van der Waals surface area contributed by atoms with Crippen LogP contribution in [0.5, 0.6) is 0 Å². The van der Waals surface area contributed by atoms with Crippen LogP contribution < -0.4 is 5.32 Å². The summed E-state index contributed by atoms with van der Waals surface area (Å²) in [6.45, 7) is 4.11. The lowest BCUT2D eigenvalue weighted by Crippen LogP contribution is -2.45. The maximum Gasteiger partial charge on any atom is 0.416 e. The van der Waals surface area contributed by atoms with Crippen molar-refractivity contribution in [2.24, 2.45) is 5.92 Å². The highest BCUT2D eigenvalue weighted by Crippen LogP contribution is 2.29. The Labute approximate surface area is 188 Å². The zero-order valence-corrected chi connectivity index (χ0v) is 18.7. The van der Waals surface area contributed by atoms with Gasteiger partial charge in [0.25, 0.3) is 0 Å². The summed E-state index contributed by atoms with van der Waals surface area (Å²) >= 11 is 0. The molecule has 0 aromatic heterocycles. The Morgan fingerprint density at radius 2 is 1.93 bits per heavy atom. The predicted molar refractivity (Wildman–Crippen MR) is 117 cm³/mol. The molecule has 0 radical (unpaired) electrons. The Morgan fingerprint density at radius 3 is 2.53 bits per heavy atom. The Bertz CT molecular complexity index is 707. The van der Waals surface area contributed by atoms with Crippen LogP contribution in [0.1, 0.15) is 24.0 Å². The molecule has 2 aliphatic heterocycles. The summed E-state index contributed by atoms with van der Waals surface area (Å²) in [5.74, 6) is 0.588. The zero-order chi connectivity index (χ0) is 20.1. The molecule has 30 heavy (non-hydrogen) atoms.